The first kappa shape index (κ1) is 19.8. The Balaban J connectivity index is 1.90. The lowest BCUT2D eigenvalue weighted by atomic mass is 10.1. The van der Waals surface area contributed by atoms with Crippen molar-refractivity contribution in [3.8, 4) is 11.3 Å². The second-order valence-electron chi connectivity index (χ2n) is 7.37. The molecule has 0 aliphatic carbocycles. The predicted molar refractivity (Wildman–Crippen MR) is 120 cm³/mol. The fraction of sp³-hybridized carbons (Fsp3) is 0.250. The van der Waals surface area contributed by atoms with Crippen LogP contribution in [-0.4, -0.2) is 39.5 Å². The van der Waals surface area contributed by atoms with Gasteiger partial charge < -0.3 is 15.2 Å². The second kappa shape index (κ2) is 8.06. The molecule has 30 heavy (non-hydrogen) atoms. The van der Waals surface area contributed by atoms with Crippen LogP contribution in [0.2, 0.25) is 0 Å². The van der Waals surface area contributed by atoms with Crippen LogP contribution in [0, 0.1) is 0 Å². The molecule has 6 heteroatoms. The summed E-state index contributed by atoms with van der Waals surface area (Å²) < 4.78 is 1.81. The molecule has 0 radical (unpaired) electrons. The van der Waals surface area contributed by atoms with Crippen LogP contribution in [0.5, 0.6) is 0 Å². The average Bonchev–Trinajstić information content (AvgIpc) is 3.33. The van der Waals surface area contributed by atoms with Crippen molar-refractivity contribution >= 4 is 33.7 Å². The van der Waals surface area contributed by atoms with E-state index in [1.54, 1.807) is 0 Å². The number of amides is 2. The quantitative estimate of drug-likeness (QED) is 0.506. The highest BCUT2D eigenvalue weighted by Crippen LogP contribution is 2.34. The lowest BCUT2D eigenvalue weighted by Gasteiger charge is -2.21. The summed E-state index contributed by atoms with van der Waals surface area (Å²) >= 11 is 0. The summed E-state index contributed by atoms with van der Waals surface area (Å²) in [5, 5.41) is 4.89. The summed E-state index contributed by atoms with van der Waals surface area (Å²) in [6.45, 7) is 7.26. The van der Waals surface area contributed by atoms with Crippen LogP contribution in [0.1, 0.15) is 26.3 Å². The molecule has 2 heterocycles. The van der Waals surface area contributed by atoms with Gasteiger partial charge in [0.05, 0.1) is 11.2 Å². The molecule has 0 aliphatic heterocycles. The molecular formula is C24H26N4O2. The average molecular weight is 402 g/mol. The molecule has 0 spiro atoms. The number of carbonyl (C=O) groups excluding carboxylic acids is 2. The van der Waals surface area contributed by atoms with Crippen molar-refractivity contribution in [2.45, 2.75) is 27.3 Å². The number of fused-ring (bicyclic) bond motifs is 2. The van der Waals surface area contributed by atoms with E-state index in [-0.39, 0.29) is 11.9 Å². The minimum absolute atomic E-state index is 0.0278. The number of aromatic amines is 1. The molecule has 0 saturated heterocycles. The maximum atomic E-state index is 13.4. The van der Waals surface area contributed by atoms with E-state index in [0.717, 1.165) is 38.6 Å². The van der Waals surface area contributed by atoms with Gasteiger partial charge in [-0.3, -0.25) is 9.36 Å². The minimum Gasteiger partial charge on any atom is -0.360 e. The zero-order chi connectivity index (χ0) is 21.3. The summed E-state index contributed by atoms with van der Waals surface area (Å²) in [4.78, 5) is 29.9. The van der Waals surface area contributed by atoms with Crippen LogP contribution in [0.25, 0.3) is 33.1 Å². The molecular weight excluding hydrogens is 376 g/mol. The molecule has 2 N–H and O–H groups in total. The lowest BCUT2D eigenvalue weighted by molar-refractivity contribution is -0.119. The Morgan fingerprint density at radius 2 is 1.83 bits per heavy atom. The Morgan fingerprint density at radius 3 is 2.57 bits per heavy atom. The summed E-state index contributed by atoms with van der Waals surface area (Å²) in [7, 11) is 0. The molecule has 2 aromatic carbocycles. The van der Waals surface area contributed by atoms with Gasteiger partial charge in [-0.05, 0) is 43.7 Å². The third-order valence-electron chi connectivity index (χ3n) is 5.50. The van der Waals surface area contributed by atoms with Gasteiger partial charge in [0.1, 0.15) is 0 Å². The van der Waals surface area contributed by atoms with Crippen molar-refractivity contribution in [3.05, 3.63) is 60.3 Å². The zero-order valence-corrected chi connectivity index (χ0v) is 17.5. The van der Waals surface area contributed by atoms with Crippen LogP contribution >= 0.6 is 0 Å². The maximum Gasteiger partial charge on any atom is 0.329 e. The highest BCUT2D eigenvalue weighted by molar-refractivity contribution is 6.03. The number of hydrogen-bond donors (Lipinski definition) is 2. The molecule has 0 fully saturated rings. The predicted octanol–water partition coefficient (Wildman–Crippen LogP) is 4.74. The summed E-state index contributed by atoms with van der Waals surface area (Å²) in [6, 6.07) is 16.1. The first-order chi connectivity index (χ1) is 14.5. The van der Waals surface area contributed by atoms with Crippen LogP contribution in [0.15, 0.2) is 54.7 Å². The molecule has 4 aromatic rings. The SMILES string of the molecule is CCN(CC)C(=O)n1c(-c2c[nH]c3ccc(CNC(C)=O)cc23)cc2ccccc21. The standard InChI is InChI=1S/C24H26N4O2/c1-4-27(5-2)24(30)28-22-9-7-6-8-18(22)13-23(28)20-15-26-21-11-10-17(12-19(20)21)14-25-16(3)29/h6-13,15,26H,4-5,14H2,1-3H3,(H,25,29). The first-order valence-electron chi connectivity index (χ1n) is 10.3. The number of para-hydroxylation sites is 1. The van der Waals surface area contributed by atoms with E-state index in [1.807, 2.05) is 65.9 Å². The van der Waals surface area contributed by atoms with Gasteiger partial charge in [-0.2, -0.15) is 0 Å². The van der Waals surface area contributed by atoms with Gasteiger partial charge in [0.15, 0.2) is 0 Å². The van der Waals surface area contributed by atoms with E-state index < -0.39 is 0 Å². The molecule has 0 unspecified atom stereocenters. The number of nitrogens with zero attached hydrogens (tertiary/aromatic N) is 2. The van der Waals surface area contributed by atoms with Gasteiger partial charge in [-0.1, -0.05) is 24.3 Å². The van der Waals surface area contributed by atoms with E-state index in [2.05, 4.69) is 22.4 Å². The van der Waals surface area contributed by atoms with Crippen molar-refractivity contribution in [1.82, 2.24) is 19.8 Å². The summed E-state index contributed by atoms with van der Waals surface area (Å²) in [5.41, 5.74) is 4.72. The van der Waals surface area contributed by atoms with Crippen molar-refractivity contribution in [1.29, 1.82) is 0 Å². The van der Waals surface area contributed by atoms with Gasteiger partial charge in [0.25, 0.3) is 0 Å². The van der Waals surface area contributed by atoms with Crippen LogP contribution in [0.3, 0.4) is 0 Å². The normalized spacial score (nSPS) is 11.2. The van der Waals surface area contributed by atoms with Crippen molar-refractivity contribution in [2.75, 3.05) is 13.1 Å². The molecule has 0 atom stereocenters. The molecule has 0 saturated carbocycles. The summed E-state index contributed by atoms with van der Waals surface area (Å²) in [6.07, 6.45) is 1.95. The summed E-state index contributed by atoms with van der Waals surface area (Å²) in [5.74, 6) is -0.0608. The lowest BCUT2D eigenvalue weighted by Crippen LogP contribution is -2.34. The van der Waals surface area contributed by atoms with Gasteiger partial charge in [0.2, 0.25) is 5.91 Å². The number of hydrogen-bond acceptors (Lipinski definition) is 2. The number of rotatable bonds is 5. The van der Waals surface area contributed by atoms with Crippen LogP contribution in [0.4, 0.5) is 4.79 Å². The monoisotopic (exact) mass is 402 g/mol. The van der Waals surface area contributed by atoms with Gasteiger partial charge in [0, 0.05) is 54.6 Å². The van der Waals surface area contributed by atoms with Gasteiger partial charge in [-0.15, -0.1) is 0 Å². The Kier molecular flexibility index (Phi) is 5.31. The Bertz CT molecular complexity index is 1230. The minimum atomic E-state index is -0.0608. The van der Waals surface area contributed by atoms with Crippen molar-refractivity contribution < 1.29 is 9.59 Å². The largest absolute Gasteiger partial charge is 0.360 e. The molecule has 6 nitrogen and oxygen atoms in total. The van der Waals surface area contributed by atoms with Crippen LogP contribution < -0.4 is 5.32 Å². The Morgan fingerprint density at radius 1 is 1.07 bits per heavy atom. The third-order valence-corrected chi connectivity index (χ3v) is 5.50. The van der Waals surface area contributed by atoms with Crippen molar-refractivity contribution in [2.24, 2.45) is 0 Å². The maximum absolute atomic E-state index is 13.4. The molecule has 0 aliphatic rings. The number of aromatic nitrogens is 2. The van der Waals surface area contributed by atoms with Gasteiger partial charge >= 0.3 is 6.03 Å². The third kappa shape index (κ3) is 3.45. The van der Waals surface area contributed by atoms with Crippen molar-refractivity contribution in [3.63, 3.8) is 0 Å². The zero-order valence-electron chi connectivity index (χ0n) is 17.5. The van der Waals surface area contributed by atoms with E-state index >= 15 is 0 Å². The topological polar surface area (TPSA) is 70.1 Å². The van der Waals surface area contributed by atoms with Gasteiger partial charge in [-0.25, -0.2) is 4.79 Å². The van der Waals surface area contributed by atoms with E-state index in [1.165, 1.54) is 6.92 Å². The van der Waals surface area contributed by atoms with E-state index in [4.69, 9.17) is 0 Å². The smallest absolute Gasteiger partial charge is 0.329 e. The molecule has 0 bridgehead atoms. The highest BCUT2D eigenvalue weighted by Gasteiger charge is 2.21. The highest BCUT2D eigenvalue weighted by atomic mass is 16.2. The number of nitrogens with one attached hydrogen (secondary N) is 2. The fourth-order valence-corrected chi connectivity index (χ4v) is 3.91. The number of H-pyrrole nitrogens is 1. The number of carbonyl (C=O) groups is 2. The first-order valence-corrected chi connectivity index (χ1v) is 10.3. The number of benzene rings is 2. The molecule has 2 aromatic heterocycles. The Hall–Kier alpha value is -3.54. The fourth-order valence-electron chi connectivity index (χ4n) is 3.91. The van der Waals surface area contributed by atoms with E-state index in [9.17, 15) is 9.59 Å². The van der Waals surface area contributed by atoms with Crippen LogP contribution in [-0.2, 0) is 11.3 Å². The second-order valence-corrected chi connectivity index (χ2v) is 7.37. The molecule has 4 rings (SSSR count). The molecule has 154 valence electrons. The molecule has 2 amide bonds. The Labute approximate surface area is 175 Å². The van der Waals surface area contributed by atoms with E-state index in [0.29, 0.717) is 19.6 Å².